The Morgan fingerprint density at radius 2 is 0.545 bits per heavy atom. The number of phosphoric acid groups is 2. The normalized spacial score (nSPS) is 14.6. The van der Waals surface area contributed by atoms with Gasteiger partial charge in [-0.1, -0.05) is 287 Å². The summed E-state index contributed by atoms with van der Waals surface area (Å²) in [5.41, 5.74) is 0. The minimum Gasteiger partial charge on any atom is -0.462 e. The number of unbranched alkanes of at least 4 members (excludes halogenated alkanes) is 31. The zero-order chi connectivity index (χ0) is 65.4. The molecule has 0 aliphatic carbocycles. The molecular weight excluding hydrogens is 1160 g/mol. The van der Waals surface area contributed by atoms with Gasteiger partial charge in [-0.25, -0.2) is 9.13 Å². The Morgan fingerprint density at radius 3 is 0.807 bits per heavy atom. The molecule has 0 saturated carbocycles. The number of carbonyl (C=O) groups excluding carboxylic acids is 4. The van der Waals surface area contributed by atoms with Crippen LogP contribution in [0.4, 0.5) is 0 Å². The molecule has 0 bridgehead atoms. The first-order chi connectivity index (χ1) is 42.1. The van der Waals surface area contributed by atoms with Crippen LogP contribution in [0.5, 0.6) is 0 Å². The van der Waals surface area contributed by atoms with Crippen LogP contribution in [0.3, 0.4) is 0 Å². The van der Waals surface area contributed by atoms with Crippen LogP contribution in [-0.4, -0.2) is 96.7 Å². The van der Waals surface area contributed by atoms with E-state index in [-0.39, 0.29) is 25.7 Å². The van der Waals surface area contributed by atoms with E-state index in [1.807, 2.05) is 0 Å². The molecule has 0 saturated heterocycles. The zero-order valence-electron chi connectivity index (χ0n) is 57.3. The number of aliphatic hydroxyl groups is 1. The molecule has 0 aromatic rings. The second kappa shape index (κ2) is 58.8. The Labute approximate surface area is 537 Å². The van der Waals surface area contributed by atoms with Crippen molar-refractivity contribution in [2.45, 2.75) is 356 Å². The predicted octanol–water partition coefficient (Wildman–Crippen LogP) is 19.3. The van der Waals surface area contributed by atoms with Gasteiger partial charge in [0.05, 0.1) is 26.4 Å². The lowest BCUT2D eigenvalue weighted by atomic mass is 9.99. The molecule has 17 nitrogen and oxygen atoms in total. The maximum Gasteiger partial charge on any atom is 0.472 e. The lowest BCUT2D eigenvalue weighted by Gasteiger charge is -2.21. The number of hydrogen-bond donors (Lipinski definition) is 3. The van der Waals surface area contributed by atoms with Crippen LogP contribution in [0.1, 0.15) is 338 Å². The van der Waals surface area contributed by atoms with E-state index in [9.17, 15) is 43.2 Å². The summed E-state index contributed by atoms with van der Waals surface area (Å²) >= 11 is 0. The van der Waals surface area contributed by atoms with Crippen molar-refractivity contribution in [1.82, 2.24) is 0 Å². The summed E-state index contributed by atoms with van der Waals surface area (Å²) in [4.78, 5) is 72.4. The highest BCUT2D eigenvalue weighted by Gasteiger charge is 2.30. The van der Waals surface area contributed by atoms with Crippen LogP contribution in [-0.2, 0) is 65.4 Å². The summed E-state index contributed by atoms with van der Waals surface area (Å²) in [6.45, 7) is 14.0. The standard InChI is InChI=1S/C69H134O17P2/c1-9-62(8)48-40-32-22-18-15-16-19-23-33-41-49-66(71)79-55-65(86-69(74)52-44-36-28-26-31-39-47-61(6)7)58-84-88(77,78)82-54-63(70)53-81-87(75,76)83-57-64(56-80-67(72)50-42-34-27-25-30-38-46-60(4)5)85-68(73)51-43-35-24-20-14-12-10-11-13-17-21-29-37-45-59(2)3/h59-65,70H,9-58H2,1-8H3,(H,75,76)(H,77,78)/t62?,63-,64+,65+/m0/s1. The summed E-state index contributed by atoms with van der Waals surface area (Å²) in [7, 11) is -9.90. The van der Waals surface area contributed by atoms with Crippen LogP contribution < -0.4 is 0 Å². The number of aliphatic hydroxyl groups excluding tert-OH is 1. The minimum atomic E-state index is -4.95. The number of carbonyl (C=O) groups is 4. The molecule has 522 valence electrons. The van der Waals surface area contributed by atoms with E-state index in [0.29, 0.717) is 37.5 Å². The topological polar surface area (TPSA) is 237 Å². The monoisotopic (exact) mass is 1300 g/mol. The average molecular weight is 1300 g/mol. The smallest absolute Gasteiger partial charge is 0.462 e. The first kappa shape index (κ1) is 86.1. The molecular formula is C69H134O17P2. The summed E-state index contributed by atoms with van der Waals surface area (Å²) < 4.78 is 68.2. The molecule has 0 aliphatic heterocycles. The molecule has 6 atom stereocenters. The second-order valence-corrected chi connectivity index (χ2v) is 29.5. The number of ether oxygens (including phenoxy) is 4. The molecule has 19 heteroatoms. The number of esters is 4. The van der Waals surface area contributed by atoms with E-state index in [1.165, 1.54) is 135 Å². The Kier molecular flexibility index (Phi) is 57.6. The highest BCUT2D eigenvalue weighted by Crippen LogP contribution is 2.45. The van der Waals surface area contributed by atoms with Crippen molar-refractivity contribution in [2.75, 3.05) is 39.6 Å². The van der Waals surface area contributed by atoms with E-state index in [1.54, 1.807) is 0 Å². The lowest BCUT2D eigenvalue weighted by Crippen LogP contribution is -2.30. The molecule has 0 heterocycles. The van der Waals surface area contributed by atoms with Gasteiger partial charge in [0, 0.05) is 25.7 Å². The zero-order valence-corrected chi connectivity index (χ0v) is 59.1. The van der Waals surface area contributed by atoms with Gasteiger partial charge in [-0.3, -0.25) is 37.3 Å². The van der Waals surface area contributed by atoms with Crippen molar-refractivity contribution in [3.8, 4) is 0 Å². The summed E-state index contributed by atoms with van der Waals surface area (Å²) in [6, 6.07) is 0. The van der Waals surface area contributed by atoms with Crippen molar-refractivity contribution >= 4 is 39.5 Å². The SMILES string of the molecule is CCC(C)CCCCCCCCCCCCC(=O)OC[C@H](COP(=O)(O)OC[C@@H](O)COP(=O)(O)OC[C@@H](COC(=O)CCCCCCCCC(C)C)OC(=O)CCCCCCCCCCCCCCCC(C)C)OC(=O)CCCCCCCCC(C)C. The third kappa shape index (κ3) is 61.6. The van der Waals surface area contributed by atoms with Crippen LogP contribution in [0.2, 0.25) is 0 Å². The number of phosphoric ester groups is 2. The molecule has 0 rings (SSSR count). The molecule has 0 aromatic heterocycles. The third-order valence-electron chi connectivity index (χ3n) is 16.2. The van der Waals surface area contributed by atoms with Gasteiger partial charge in [0.25, 0.3) is 0 Å². The van der Waals surface area contributed by atoms with Gasteiger partial charge in [-0.15, -0.1) is 0 Å². The van der Waals surface area contributed by atoms with E-state index in [4.69, 9.17) is 37.0 Å². The van der Waals surface area contributed by atoms with Crippen LogP contribution in [0, 0.1) is 23.7 Å². The first-order valence-corrected chi connectivity index (χ1v) is 38.7. The average Bonchev–Trinajstić information content (AvgIpc) is 3.56. The largest absolute Gasteiger partial charge is 0.472 e. The van der Waals surface area contributed by atoms with Gasteiger partial charge >= 0.3 is 39.5 Å². The molecule has 88 heavy (non-hydrogen) atoms. The molecule has 3 unspecified atom stereocenters. The quantitative estimate of drug-likeness (QED) is 0.0222. The second-order valence-electron chi connectivity index (χ2n) is 26.6. The van der Waals surface area contributed by atoms with Gasteiger partial charge in [0.15, 0.2) is 12.2 Å². The Bertz CT molecular complexity index is 1750. The molecule has 0 fully saturated rings. The van der Waals surface area contributed by atoms with Gasteiger partial charge in [0.2, 0.25) is 0 Å². The molecule has 0 aliphatic rings. The van der Waals surface area contributed by atoms with Gasteiger partial charge in [-0.2, -0.15) is 0 Å². The summed E-state index contributed by atoms with van der Waals surface area (Å²) in [5, 5.41) is 10.6. The van der Waals surface area contributed by atoms with Crippen molar-refractivity contribution < 1.29 is 80.2 Å². The van der Waals surface area contributed by atoms with E-state index < -0.39 is 97.5 Å². The van der Waals surface area contributed by atoms with Crippen LogP contribution in [0.25, 0.3) is 0 Å². The van der Waals surface area contributed by atoms with Crippen molar-refractivity contribution in [1.29, 1.82) is 0 Å². The van der Waals surface area contributed by atoms with Crippen LogP contribution in [0.15, 0.2) is 0 Å². The third-order valence-corrected chi connectivity index (χ3v) is 18.1. The Morgan fingerprint density at radius 1 is 0.318 bits per heavy atom. The lowest BCUT2D eigenvalue weighted by molar-refractivity contribution is -0.161. The number of rotatable bonds is 66. The maximum atomic E-state index is 13.0. The Hall–Kier alpha value is -1.94. The van der Waals surface area contributed by atoms with Crippen LogP contribution >= 0.6 is 15.6 Å². The molecule has 0 aromatic carbocycles. The van der Waals surface area contributed by atoms with Crippen molar-refractivity contribution in [2.24, 2.45) is 23.7 Å². The minimum absolute atomic E-state index is 0.101. The highest BCUT2D eigenvalue weighted by atomic mass is 31.2. The molecule has 0 amide bonds. The fraction of sp³-hybridized carbons (Fsp3) is 0.942. The number of hydrogen-bond acceptors (Lipinski definition) is 15. The van der Waals surface area contributed by atoms with E-state index in [0.717, 1.165) is 108 Å². The molecule has 0 spiro atoms. The van der Waals surface area contributed by atoms with E-state index in [2.05, 4.69) is 55.4 Å². The highest BCUT2D eigenvalue weighted by molar-refractivity contribution is 7.47. The summed E-state index contributed by atoms with van der Waals surface area (Å²) in [5.74, 6) is 0.808. The van der Waals surface area contributed by atoms with Crippen molar-refractivity contribution in [3.63, 3.8) is 0 Å². The Balaban J connectivity index is 5.20. The first-order valence-electron chi connectivity index (χ1n) is 35.7. The molecule has 0 radical (unpaired) electrons. The fourth-order valence-corrected chi connectivity index (χ4v) is 11.9. The maximum absolute atomic E-state index is 13.0. The predicted molar refractivity (Wildman–Crippen MR) is 354 cm³/mol. The van der Waals surface area contributed by atoms with Gasteiger partial charge in [-0.05, 0) is 49.4 Å². The van der Waals surface area contributed by atoms with E-state index >= 15 is 0 Å². The summed E-state index contributed by atoms with van der Waals surface area (Å²) in [6.07, 6.45) is 40.6. The van der Waals surface area contributed by atoms with Crippen molar-refractivity contribution in [3.05, 3.63) is 0 Å². The van der Waals surface area contributed by atoms with Gasteiger partial charge in [0.1, 0.15) is 19.3 Å². The fourth-order valence-electron chi connectivity index (χ4n) is 10.3. The van der Waals surface area contributed by atoms with Gasteiger partial charge < -0.3 is 33.8 Å². The molecule has 3 N–H and O–H groups in total.